The molecule has 1 aromatic heterocycles. The van der Waals surface area contributed by atoms with Crippen LogP contribution in [0.1, 0.15) is 11.1 Å². The van der Waals surface area contributed by atoms with Crippen LogP contribution in [0.4, 0.5) is 0 Å². The van der Waals surface area contributed by atoms with E-state index in [2.05, 4.69) is 23.2 Å². The third-order valence-electron chi connectivity index (χ3n) is 4.16. The molecule has 2 N–H and O–H groups in total. The Labute approximate surface area is 116 Å². The molecule has 0 radical (unpaired) electrons. The molecule has 3 nitrogen and oxygen atoms in total. The molecule has 0 aliphatic heterocycles. The maximum Gasteiger partial charge on any atom is 0.119 e. The number of aromatic hydroxyl groups is 1. The summed E-state index contributed by atoms with van der Waals surface area (Å²) in [5, 5.41) is 11.2. The number of H-pyrrole nitrogens is 1. The van der Waals surface area contributed by atoms with Crippen molar-refractivity contribution in [2.45, 2.75) is 12.8 Å². The lowest BCUT2D eigenvalue weighted by atomic mass is 9.88. The molecule has 20 heavy (non-hydrogen) atoms. The minimum absolute atomic E-state index is 0.393. The molecule has 0 bridgehead atoms. The molecule has 1 aliphatic carbocycles. The van der Waals surface area contributed by atoms with Gasteiger partial charge in [0.05, 0.1) is 12.8 Å². The van der Waals surface area contributed by atoms with Crippen LogP contribution in [0, 0.1) is 0 Å². The van der Waals surface area contributed by atoms with Gasteiger partial charge in [-0.05, 0) is 42.7 Å². The third kappa shape index (κ3) is 1.46. The Hall–Kier alpha value is -2.42. The topological polar surface area (TPSA) is 45.2 Å². The summed E-state index contributed by atoms with van der Waals surface area (Å²) in [5.41, 5.74) is 5.72. The smallest absolute Gasteiger partial charge is 0.119 e. The summed E-state index contributed by atoms with van der Waals surface area (Å²) >= 11 is 0. The molecule has 1 aliphatic rings. The second kappa shape index (κ2) is 4.04. The van der Waals surface area contributed by atoms with Crippen LogP contribution in [-0.4, -0.2) is 17.2 Å². The highest BCUT2D eigenvalue weighted by atomic mass is 16.5. The van der Waals surface area contributed by atoms with Gasteiger partial charge < -0.3 is 14.8 Å². The van der Waals surface area contributed by atoms with Crippen molar-refractivity contribution >= 4 is 10.9 Å². The van der Waals surface area contributed by atoms with E-state index in [-0.39, 0.29) is 0 Å². The number of hydrogen-bond donors (Lipinski definition) is 2. The molecule has 4 rings (SSSR count). The summed E-state index contributed by atoms with van der Waals surface area (Å²) in [7, 11) is 1.69. The Balaban J connectivity index is 2.02. The second-order valence-corrected chi connectivity index (χ2v) is 5.19. The zero-order valence-electron chi connectivity index (χ0n) is 11.2. The monoisotopic (exact) mass is 265 g/mol. The van der Waals surface area contributed by atoms with Crippen molar-refractivity contribution in [3.05, 3.63) is 47.5 Å². The number of phenolic OH excluding ortho intramolecular Hbond substituents is 1. The fraction of sp³-hybridized carbons (Fsp3) is 0.176. The van der Waals surface area contributed by atoms with Crippen molar-refractivity contribution in [3.8, 4) is 22.8 Å². The Kier molecular flexibility index (Phi) is 2.30. The van der Waals surface area contributed by atoms with Gasteiger partial charge in [0.15, 0.2) is 0 Å². The number of rotatable bonds is 1. The van der Waals surface area contributed by atoms with Gasteiger partial charge in [0.25, 0.3) is 0 Å². The summed E-state index contributed by atoms with van der Waals surface area (Å²) in [5.74, 6) is 1.27. The lowest BCUT2D eigenvalue weighted by Crippen LogP contribution is -2.02. The van der Waals surface area contributed by atoms with Crippen LogP contribution in [-0.2, 0) is 12.8 Å². The number of hydrogen-bond acceptors (Lipinski definition) is 2. The van der Waals surface area contributed by atoms with Crippen LogP contribution >= 0.6 is 0 Å². The molecule has 0 unspecified atom stereocenters. The maximum absolute atomic E-state index is 10.0. The van der Waals surface area contributed by atoms with Crippen molar-refractivity contribution in [1.82, 2.24) is 4.98 Å². The average molecular weight is 265 g/mol. The van der Waals surface area contributed by atoms with E-state index in [1.54, 1.807) is 13.2 Å². The number of benzene rings is 2. The summed E-state index contributed by atoms with van der Waals surface area (Å²) < 4.78 is 5.32. The minimum Gasteiger partial charge on any atom is -0.508 e. The molecule has 0 fully saturated rings. The van der Waals surface area contributed by atoms with Gasteiger partial charge in [0.2, 0.25) is 0 Å². The molecule has 3 heteroatoms. The predicted molar refractivity (Wildman–Crippen MR) is 79.4 cm³/mol. The lowest BCUT2D eigenvalue weighted by molar-refractivity contribution is 0.415. The fourth-order valence-corrected chi connectivity index (χ4v) is 3.16. The molecule has 1 heterocycles. The number of aromatic amines is 1. The van der Waals surface area contributed by atoms with E-state index in [0.29, 0.717) is 5.75 Å². The first-order valence-corrected chi connectivity index (χ1v) is 6.78. The highest BCUT2D eigenvalue weighted by Crippen LogP contribution is 2.41. The van der Waals surface area contributed by atoms with Crippen LogP contribution in [0.5, 0.6) is 11.5 Å². The molecule has 3 aromatic rings. The molecule has 0 amide bonds. The van der Waals surface area contributed by atoms with E-state index >= 15 is 0 Å². The van der Waals surface area contributed by atoms with Gasteiger partial charge in [-0.3, -0.25) is 0 Å². The fourth-order valence-electron chi connectivity index (χ4n) is 3.16. The van der Waals surface area contributed by atoms with Gasteiger partial charge in [-0.2, -0.15) is 0 Å². The summed E-state index contributed by atoms with van der Waals surface area (Å²) in [6.45, 7) is 0. The Morgan fingerprint density at radius 1 is 1.10 bits per heavy atom. The largest absolute Gasteiger partial charge is 0.508 e. The summed E-state index contributed by atoms with van der Waals surface area (Å²) in [6.07, 6.45) is 1.81. The molecule has 0 saturated heterocycles. The Morgan fingerprint density at radius 3 is 2.80 bits per heavy atom. The highest BCUT2D eigenvalue weighted by molar-refractivity contribution is 5.93. The Bertz CT molecular complexity index is 817. The number of phenols is 1. The van der Waals surface area contributed by atoms with E-state index in [4.69, 9.17) is 4.74 Å². The molecule has 0 atom stereocenters. The minimum atomic E-state index is 0.393. The first kappa shape index (κ1) is 11.4. The Morgan fingerprint density at radius 2 is 1.95 bits per heavy atom. The molecule has 0 saturated carbocycles. The molecule has 0 spiro atoms. The average Bonchev–Trinajstić information content (AvgIpc) is 2.85. The van der Waals surface area contributed by atoms with Gasteiger partial charge in [0, 0.05) is 22.0 Å². The number of aryl methyl sites for hydroxylation is 1. The second-order valence-electron chi connectivity index (χ2n) is 5.19. The number of methoxy groups -OCH3 is 1. The van der Waals surface area contributed by atoms with E-state index < -0.39 is 0 Å². The SMILES string of the molecule is COc1ccc2[nH]c3c(c2c1)CCc1c(O)cccc1-3. The van der Waals surface area contributed by atoms with Crippen molar-refractivity contribution in [1.29, 1.82) is 0 Å². The van der Waals surface area contributed by atoms with Gasteiger partial charge >= 0.3 is 0 Å². The van der Waals surface area contributed by atoms with E-state index in [9.17, 15) is 5.11 Å². The number of fused-ring (bicyclic) bond motifs is 5. The summed E-state index contributed by atoms with van der Waals surface area (Å²) in [6, 6.07) is 11.8. The first-order chi connectivity index (χ1) is 9.78. The number of nitrogens with one attached hydrogen (secondary N) is 1. The first-order valence-electron chi connectivity index (χ1n) is 6.78. The molecular weight excluding hydrogens is 250 g/mol. The highest BCUT2D eigenvalue weighted by Gasteiger charge is 2.22. The van der Waals surface area contributed by atoms with E-state index in [0.717, 1.165) is 40.9 Å². The summed E-state index contributed by atoms with van der Waals surface area (Å²) in [4.78, 5) is 3.48. The van der Waals surface area contributed by atoms with Gasteiger partial charge in [-0.1, -0.05) is 12.1 Å². The van der Waals surface area contributed by atoms with Crippen LogP contribution in [0.3, 0.4) is 0 Å². The van der Waals surface area contributed by atoms with Crippen molar-refractivity contribution in [3.63, 3.8) is 0 Å². The number of aromatic nitrogens is 1. The van der Waals surface area contributed by atoms with Crippen molar-refractivity contribution in [2.75, 3.05) is 7.11 Å². The predicted octanol–water partition coefficient (Wildman–Crippen LogP) is 3.65. The van der Waals surface area contributed by atoms with Crippen LogP contribution in [0.25, 0.3) is 22.2 Å². The van der Waals surface area contributed by atoms with Gasteiger partial charge in [-0.15, -0.1) is 0 Å². The third-order valence-corrected chi connectivity index (χ3v) is 4.16. The lowest BCUT2D eigenvalue weighted by Gasteiger charge is -2.17. The molecular formula is C17H15NO2. The standard InChI is InChI=1S/C17H15NO2/c1-20-10-5-8-15-14(9-10)13-7-6-11-12(17(13)18-15)3-2-4-16(11)19/h2-5,8-9,18-19H,6-7H2,1H3. The maximum atomic E-state index is 10.0. The van der Waals surface area contributed by atoms with Crippen LogP contribution in [0.15, 0.2) is 36.4 Å². The van der Waals surface area contributed by atoms with Gasteiger partial charge in [-0.25, -0.2) is 0 Å². The quantitative estimate of drug-likeness (QED) is 0.705. The van der Waals surface area contributed by atoms with Crippen molar-refractivity contribution in [2.24, 2.45) is 0 Å². The van der Waals surface area contributed by atoms with Crippen LogP contribution < -0.4 is 4.74 Å². The zero-order chi connectivity index (χ0) is 13.7. The zero-order valence-corrected chi connectivity index (χ0v) is 11.2. The van der Waals surface area contributed by atoms with Crippen molar-refractivity contribution < 1.29 is 9.84 Å². The number of ether oxygens (including phenoxy) is 1. The van der Waals surface area contributed by atoms with Crippen LogP contribution in [0.2, 0.25) is 0 Å². The van der Waals surface area contributed by atoms with Gasteiger partial charge in [0.1, 0.15) is 11.5 Å². The normalized spacial score (nSPS) is 13.1. The molecule has 100 valence electrons. The van der Waals surface area contributed by atoms with E-state index in [1.165, 1.54) is 10.9 Å². The van der Waals surface area contributed by atoms with E-state index in [1.807, 2.05) is 12.1 Å². The molecule has 2 aromatic carbocycles.